The van der Waals surface area contributed by atoms with Crippen molar-refractivity contribution in [2.24, 2.45) is 11.7 Å². The number of hydrogen-bond donors (Lipinski definition) is 1. The van der Waals surface area contributed by atoms with Crippen LogP contribution in [0.3, 0.4) is 0 Å². The topological polar surface area (TPSA) is 63.4 Å². The SMILES string of the molecule is NC(=O)C1CCCN(C(=O)c2sc3cc(Cl)cc(Cl)c3c2Cl)C1. The standard InChI is InChI=1S/C15H13Cl3N2O2S/c16-8-4-9(17)11-10(5-8)23-13(12(11)18)15(22)20-3-1-2-7(6-20)14(19)21/h4-5,7H,1-3,6H2,(H2,19,21). The summed E-state index contributed by atoms with van der Waals surface area (Å²) in [4.78, 5) is 26.2. The summed E-state index contributed by atoms with van der Waals surface area (Å²) in [7, 11) is 0. The van der Waals surface area contributed by atoms with Crippen LogP contribution in [0.2, 0.25) is 15.1 Å². The zero-order valence-corrected chi connectivity index (χ0v) is 15.0. The van der Waals surface area contributed by atoms with Crippen LogP contribution in [0.25, 0.3) is 10.1 Å². The van der Waals surface area contributed by atoms with Gasteiger partial charge in [-0.05, 0) is 25.0 Å². The third-order valence-corrected chi connectivity index (χ3v) is 6.09. The van der Waals surface area contributed by atoms with Crippen LogP contribution >= 0.6 is 46.1 Å². The summed E-state index contributed by atoms with van der Waals surface area (Å²) in [6, 6.07) is 3.33. The number of rotatable bonds is 2. The predicted octanol–water partition coefficient (Wildman–Crippen LogP) is 4.20. The average molecular weight is 392 g/mol. The molecule has 2 N–H and O–H groups in total. The molecule has 8 heteroatoms. The van der Waals surface area contributed by atoms with Gasteiger partial charge in [0.1, 0.15) is 4.88 Å². The third-order valence-electron chi connectivity index (χ3n) is 3.95. The number of hydrogen-bond acceptors (Lipinski definition) is 3. The van der Waals surface area contributed by atoms with Gasteiger partial charge in [0.05, 0.1) is 16.0 Å². The normalized spacial score (nSPS) is 18.4. The van der Waals surface area contributed by atoms with Gasteiger partial charge in [0.2, 0.25) is 5.91 Å². The van der Waals surface area contributed by atoms with Crippen molar-refractivity contribution < 1.29 is 9.59 Å². The van der Waals surface area contributed by atoms with Crippen molar-refractivity contribution in [1.29, 1.82) is 0 Å². The highest BCUT2D eigenvalue weighted by Crippen LogP contribution is 2.41. The molecule has 1 fully saturated rings. The van der Waals surface area contributed by atoms with Crippen molar-refractivity contribution in [3.63, 3.8) is 0 Å². The van der Waals surface area contributed by atoms with Crippen molar-refractivity contribution in [2.45, 2.75) is 12.8 Å². The van der Waals surface area contributed by atoms with Crippen molar-refractivity contribution in [3.8, 4) is 0 Å². The molecule has 1 aromatic heterocycles. The second-order valence-electron chi connectivity index (χ2n) is 5.50. The number of nitrogens with two attached hydrogens (primary N) is 1. The van der Waals surface area contributed by atoms with Gasteiger partial charge in [-0.3, -0.25) is 9.59 Å². The van der Waals surface area contributed by atoms with Gasteiger partial charge in [-0.2, -0.15) is 0 Å². The summed E-state index contributed by atoms with van der Waals surface area (Å²) in [6.07, 6.45) is 1.45. The summed E-state index contributed by atoms with van der Waals surface area (Å²) in [5.74, 6) is -0.881. The van der Waals surface area contributed by atoms with E-state index in [2.05, 4.69) is 0 Å². The number of halogens is 3. The minimum atomic E-state index is -0.375. The van der Waals surface area contributed by atoms with E-state index < -0.39 is 0 Å². The van der Waals surface area contributed by atoms with Crippen molar-refractivity contribution in [3.05, 3.63) is 32.1 Å². The van der Waals surface area contributed by atoms with Gasteiger partial charge in [0.15, 0.2) is 0 Å². The molecule has 0 aliphatic carbocycles. The zero-order chi connectivity index (χ0) is 16.7. The van der Waals surface area contributed by atoms with E-state index in [0.29, 0.717) is 44.8 Å². The first-order chi connectivity index (χ1) is 10.9. The fraction of sp³-hybridized carbons (Fsp3) is 0.333. The van der Waals surface area contributed by atoms with Crippen LogP contribution in [0, 0.1) is 5.92 Å². The molecule has 1 aromatic carbocycles. The molecule has 1 atom stereocenters. The monoisotopic (exact) mass is 390 g/mol. The number of fused-ring (bicyclic) bond motifs is 1. The number of likely N-dealkylation sites (tertiary alicyclic amines) is 1. The lowest BCUT2D eigenvalue weighted by Crippen LogP contribution is -2.43. The van der Waals surface area contributed by atoms with Crippen molar-refractivity contribution in [2.75, 3.05) is 13.1 Å². The van der Waals surface area contributed by atoms with Gasteiger partial charge in [0.25, 0.3) is 5.91 Å². The Morgan fingerprint density at radius 3 is 2.70 bits per heavy atom. The predicted molar refractivity (Wildman–Crippen MR) is 94.7 cm³/mol. The van der Waals surface area contributed by atoms with E-state index in [9.17, 15) is 9.59 Å². The first kappa shape index (κ1) is 16.8. The molecule has 122 valence electrons. The Hall–Kier alpha value is -1.01. The van der Waals surface area contributed by atoms with Gasteiger partial charge < -0.3 is 10.6 Å². The third kappa shape index (κ3) is 3.15. The van der Waals surface area contributed by atoms with Gasteiger partial charge >= 0.3 is 0 Å². The van der Waals surface area contributed by atoms with Crippen LogP contribution in [0.4, 0.5) is 0 Å². The maximum Gasteiger partial charge on any atom is 0.265 e. The number of thiophene rings is 1. The molecule has 4 nitrogen and oxygen atoms in total. The lowest BCUT2D eigenvalue weighted by Gasteiger charge is -2.30. The molecular weight excluding hydrogens is 379 g/mol. The molecule has 1 aliphatic heterocycles. The second kappa shape index (κ2) is 6.48. The lowest BCUT2D eigenvalue weighted by atomic mass is 9.97. The first-order valence-electron chi connectivity index (χ1n) is 7.04. The number of benzene rings is 1. The summed E-state index contributed by atoms with van der Waals surface area (Å²) in [5.41, 5.74) is 5.36. The van der Waals surface area contributed by atoms with Crippen LogP contribution in [-0.2, 0) is 4.79 Å². The Morgan fingerprint density at radius 2 is 2.00 bits per heavy atom. The summed E-state index contributed by atoms with van der Waals surface area (Å²) in [5, 5.41) is 1.88. The van der Waals surface area contributed by atoms with Crippen LogP contribution in [0.1, 0.15) is 22.5 Å². The number of piperidine rings is 1. The fourth-order valence-corrected chi connectivity index (χ4v) is 5.13. The van der Waals surface area contributed by atoms with Crippen LogP contribution in [0.5, 0.6) is 0 Å². The molecule has 0 radical (unpaired) electrons. The summed E-state index contributed by atoms with van der Waals surface area (Å²) < 4.78 is 0.763. The molecule has 2 amide bonds. The molecule has 1 unspecified atom stereocenters. The lowest BCUT2D eigenvalue weighted by molar-refractivity contribution is -0.123. The second-order valence-corrected chi connectivity index (χ2v) is 7.77. The van der Waals surface area contributed by atoms with E-state index in [4.69, 9.17) is 40.5 Å². The van der Waals surface area contributed by atoms with E-state index in [0.717, 1.165) is 11.1 Å². The molecule has 1 saturated heterocycles. The van der Waals surface area contributed by atoms with Crippen LogP contribution < -0.4 is 5.73 Å². The van der Waals surface area contributed by atoms with E-state index in [1.54, 1.807) is 17.0 Å². The van der Waals surface area contributed by atoms with E-state index in [1.807, 2.05) is 0 Å². The molecule has 0 bridgehead atoms. The number of amides is 2. The maximum absolute atomic E-state index is 12.8. The Morgan fingerprint density at radius 1 is 1.26 bits per heavy atom. The number of primary amides is 1. The van der Waals surface area contributed by atoms with Gasteiger partial charge in [-0.1, -0.05) is 34.8 Å². The Balaban J connectivity index is 1.96. The molecule has 2 aromatic rings. The molecule has 0 spiro atoms. The first-order valence-corrected chi connectivity index (χ1v) is 8.99. The Bertz CT molecular complexity index is 806. The van der Waals surface area contributed by atoms with E-state index >= 15 is 0 Å². The van der Waals surface area contributed by atoms with E-state index in [1.165, 1.54) is 11.3 Å². The average Bonchev–Trinajstić information content (AvgIpc) is 2.83. The summed E-state index contributed by atoms with van der Waals surface area (Å²) >= 11 is 19.8. The minimum Gasteiger partial charge on any atom is -0.369 e. The smallest absolute Gasteiger partial charge is 0.265 e. The Kier molecular flexibility index (Phi) is 4.74. The highest BCUT2D eigenvalue weighted by Gasteiger charge is 2.30. The summed E-state index contributed by atoms with van der Waals surface area (Å²) in [6.45, 7) is 0.912. The zero-order valence-electron chi connectivity index (χ0n) is 11.9. The highest BCUT2D eigenvalue weighted by atomic mass is 35.5. The van der Waals surface area contributed by atoms with Crippen molar-refractivity contribution in [1.82, 2.24) is 4.90 Å². The molecule has 2 heterocycles. The molecular formula is C15H13Cl3N2O2S. The van der Waals surface area contributed by atoms with Crippen LogP contribution in [0.15, 0.2) is 12.1 Å². The van der Waals surface area contributed by atoms with E-state index in [-0.39, 0.29) is 17.7 Å². The van der Waals surface area contributed by atoms with Gasteiger partial charge in [0, 0.05) is 28.2 Å². The van der Waals surface area contributed by atoms with Crippen molar-refractivity contribution >= 4 is 68.0 Å². The fourth-order valence-electron chi connectivity index (χ4n) is 2.79. The molecule has 23 heavy (non-hydrogen) atoms. The molecule has 0 saturated carbocycles. The number of carbonyl (C=O) groups is 2. The minimum absolute atomic E-state index is 0.200. The molecule has 1 aliphatic rings. The molecule has 3 rings (SSSR count). The highest BCUT2D eigenvalue weighted by molar-refractivity contribution is 7.21. The quantitative estimate of drug-likeness (QED) is 0.834. The number of nitrogens with zero attached hydrogens (tertiary/aromatic N) is 1. The number of carbonyl (C=O) groups excluding carboxylic acids is 2. The Labute approximate surface area is 152 Å². The van der Waals surface area contributed by atoms with Gasteiger partial charge in [-0.25, -0.2) is 0 Å². The van der Waals surface area contributed by atoms with Crippen LogP contribution in [-0.4, -0.2) is 29.8 Å². The van der Waals surface area contributed by atoms with Gasteiger partial charge in [-0.15, -0.1) is 11.3 Å². The largest absolute Gasteiger partial charge is 0.369 e. The maximum atomic E-state index is 12.8.